The number of thioether (sulfide) groups is 1. The lowest BCUT2D eigenvalue weighted by Crippen LogP contribution is -2.19. The molecule has 0 saturated carbocycles. The summed E-state index contributed by atoms with van der Waals surface area (Å²) < 4.78 is 1.53. The molecule has 0 saturated heterocycles. The number of H-pyrrole nitrogens is 1. The van der Waals surface area contributed by atoms with E-state index in [1.54, 1.807) is 0 Å². The first-order chi connectivity index (χ1) is 12.5. The number of carbonyl (C=O) groups excluding carboxylic acids is 1. The van der Waals surface area contributed by atoms with E-state index in [0.29, 0.717) is 5.16 Å². The van der Waals surface area contributed by atoms with Crippen molar-refractivity contribution in [2.75, 3.05) is 11.1 Å². The average Bonchev–Trinajstić information content (AvgIpc) is 2.94. The van der Waals surface area contributed by atoms with E-state index < -0.39 is 0 Å². The fraction of sp³-hybridized carbons (Fsp3) is 0.211. The third-order valence-electron chi connectivity index (χ3n) is 3.89. The minimum Gasteiger partial charge on any atom is -0.325 e. The van der Waals surface area contributed by atoms with Crippen molar-refractivity contribution in [1.82, 2.24) is 14.8 Å². The van der Waals surface area contributed by atoms with E-state index in [0.717, 1.165) is 28.1 Å². The molecule has 0 unspecified atom stereocenters. The summed E-state index contributed by atoms with van der Waals surface area (Å²) in [6.45, 7) is 5.95. The number of benzene rings is 2. The van der Waals surface area contributed by atoms with E-state index >= 15 is 0 Å². The van der Waals surface area contributed by atoms with Gasteiger partial charge in [0.1, 0.15) is 0 Å². The van der Waals surface area contributed by atoms with Crippen molar-refractivity contribution in [3.63, 3.8) is 0 Å². The molecule has 0 atom stereocenters. The van der Waals surface area contributed by atoms with Gasteiger partial charge in [0, 0.05) is 5.69 Å². The van der Waals surface area contributed by atoms with Gasteiger partial charge in [0.2, 0.25) is 5.91 Å². The minimum atomic E-state index is -0.314. The molecule has 0 bridgehead atoms. The van der Waals surface area contributed by atoms with Crippen molar-refractivity contribution < 1.29 is 4.79 Å². The average molecular weight is 368 g/mol. The molecule has 1 aromatic heterocycles. The van der Waals surface area contributed by atoms with Gasteiger partial charge in [0.15, 0.2) is 5.16 Å². The summed E-state index contributed by atoms with van der Waals surface area (Å²) in [5, 5.41) is 9.86. The van der Waals surface area contributed by atoms with Gasteiger partial charge >= 0.3 is 5.69 Å². The van der Waals surface area contributed by atoms with E-state index in [1.807, 2.05) is 63.2 Å². The SMILES string of the molecule is Cc1cc(C)c(-n2c(SCC(=O)Nc3ccccc3)n[nH]c2=O)c(C)c1. The molecule has 1 amide bonds. The summed E-state index contributed by atoms with van der Waals surface area (Å²) in [5.74, 6) is 0.00363. The molecule has 2 N–H and O–H groups in total. The molecule has 0 spiro atoms. The highest BCUT2D eigenvalue weighted by Gasteiger charge is 2.16. The molecule has 7 heteroatoms. The Labute approximate surface area is 155 Å². The first kappa shape index (κ1) is 18.0. The highest BCUT2D eigenvalue weighted by Crippen LogP contribution is 2.24. The summed E-state index contributed by atoms with van der Waals surface area (Å²) in [6, 6.07) is 13.3. The van der Waals surface area contributed by atoms with Crippen molar-refractivity contribution >= 4 is 23.4 Å². The summed E-state index contributed by atoms with van der Waals surface area (Å²) in [7, 11) is 0. The van der Waals surface area contributed by atoms with Crippen LogP contribution in [0.2, 0.25) is 0 Å². The van der Waals surface area contributed by atoms with Gasteiger partial charge in [-0.05, 0) is 44.0 Å². The van der Waals surface area contributed by atoms with Gasteiger partial charge in [-0.3, -0.25) is 4.79 Å². The Kier molecular flexibility index (Phi) is 5.27. The van der Waals surface area contributed by atoms with Crippen molar-refractivity contribution in [3.8, 4) is 5.69 Å². The van der Waals surface area contributed by atoms with Gasteiger partial charge in [-0.25, -0.2) is 14.5 Å². The monoisotopic (exact) mass is 368 g/mol. The second kappa shape index (κ2) is 7.61. The zero-order valence-electron chi connectivity index (χ0n) is 14.9. The number of aryl methyl sites for hydroxylation is 3. The second-order valence-corrected chi connectivity index (χ2v) is 7.04. The maximum absolute atomic E-state index is 12.3. The summed E-state index contributed by atoms with van der Waals surface area (Å²) >= 11 is 1.22. The summed E-state index contributed by atoms with van der Waals surface area (Å²) in [4.78, 5) is 24.5. The lowest BCUT2D eigenvalue weighted by atomic mass is 10.1. The predicted molar refractivity (Wildman–Crippen MR) is 104 cm³/mol. The largest absolute Gasteiger partial charge is 0.348 e. The summed E-state index contributed by atoms with van der Waals surface area (Å²) in [6.07, 6.45) is 0. The predicted octanol–water partition coefficient (Wildman–Crippen LogP) is 3.22. The third-order valence-corrected chi connectivity index (χ3v) is 4.83. The maximum atomic E-state index is 12.3. The lowest BCUT2D eigenvalue weighted by molar-refractivity contribution is -0.113. The topological polar surface area (TPSA) is 79.8 Å². The number of anilines is 1. The van der Waals surface area contributed by atoms with Crippen LogP contribution in [0.25, 0.3) is 5.69 Å². The molecule has 26 heavy (non-hydrogen) atoms. The molecule has 0 fully saturated rings. The molecule has 0 radical (unpaired) electrons. The van der Waals surface area contributed by atoms with Gasteiger partial charge < -0.3 is 5.32 Å². The first-order valence-corrected chi connectivity index (χ1v) is 9.17. The van der Waals surface area contributed by atoms with Crippen LogP contribution in [-0.4, -0.2) is 26.4 Å². The van der Waals surface area contributed by atoms with Crippen molar-refractivity contribution in [2.24, 2.45) is 0 Å². The van der Waals surface area contributed by atoms with E-state index in [1.165, 1.54) is 16.3 Å². The first-order valence-electron chi connectivity index (χ1n) is 8.19. The zero-order valence-corrected chi connectivity index (χ0v) is 15.7. The smallest absolute Gasteiger partial charge is 0.325 e. The van der Waals surface area contributed by atoms with Crippen LogP contribution in [0.5, 0.6) is 0 Å². The molecule has 0 aliphatic rings. The molecule has 0 aliphatic heterocycles. The Balaban J connectivity index is 1.81. The maximum Gasteiger partial charge on any atom is 0.348 e. The van der Waals surface area contributed by atoms with Gasteiger partial charge in [-0.2, -0.15) is 0 Å². The van der Waals surface area contributed by atoms with Crippen molar-refractivity contribution in [3.05, 3.63) is 69.6 Å². The molecule has 134 valence electrons. The molecule has 6 nitrogen and oxygen atoms in total. The molecule has 0 aliphatic carbocycles. The quantitative estimate of drug-likeness (QED) is 0.678. The fourth-order valence-electron chi connectivity index (χ4n) is 2.95. The fourth-order valence-corrected chi connectivity index (χ4v) is 3.70. The van der Waals surface area contributed by atoms with Crippen LogP contribution >= 0.6 is 11.8 Å². The van der Waals surface area contributed by atoms with Crippen LogP contribution in [0.3, 0.4) is 0 Å². The molecular formula is C19H20N4O2S. The number of hydrogen-bond acceptors (Lipinski definition) is 4. The van der Waals surface area contributed by atoms with Gasteiger partial charge in [0.25, 0.3) is 0 Å². The number of para-hydroxylation sites is 1. The number of rotatable bonds is 5. The minimum absolute atomic E-state index is 0.152. The highest BCUT2D eigenvalue weighted by molar-refractivity contribution is 7.99. The van der Waals surface area contributed by atoms with Crippen LogP contribution in [0.1, 0.15) is 16.7 Å². The van der Waals surface area contributed by atoms with Gasteiger partial charge in [0.05, 0.1) is 11.4 Å². The Morgan fingerprint density at radius 3 is 2.46 bits per heavy atom. The highest BCUT2D eigenvalue weighted by atomic mass is 32.2. The van der Waals surface area contributed by atoms with E-state index in [2.05, 4.69) is 15.5 Å². The Morgan fingerprint density at radius 2 is 1.81 bits per heavy atom. The normalized spacial score (nSPS) is 10.7. The van der Waals surface area contributed by atoms with Crippen molar-refractivity contribution in [2.45, 2.75) is 25.9 Å². The van der Waals surface area contributed by atoms with Gasteiger partial charge in [-0.15, -0.1) is 5.10 Å². The molecule has 1 heterocycles. The van der Waals surface area contributed by atoms with Crippen LogP contribution in [-0.2, 0) is 4.79 Å². The molecule has 3 aromatic rings. The van der Waals surface area contributed by atoms with E-state index in [9.17, 15) is 9.59 Å². The number of hydrogen-bond donors (Lipinski definition) is 2. The number of nitrogens with zero attached hydrogens (tertiary/aromatic N) is 2. The second-order valence-electron chi connectivity index (χ2n) is 6.10. The van der Waals surface area contributed by atoms with Crippen LogP contribution in [0.15, 0.2) is 52.4 Å². The molecular weight excluding hydrogens is 348 g/mol. The lowest BCUT2D eigenvalue weighted by Gasteiger charge is -2.13. The van der Waals surface area contributed by atoms with E-state index in [-0.39, 0.29) is 17.3 Å². The van der Waals surface area contributed by atoms with E-state index in [4.69, 9.17) is 0 Å². The van der Waals surface area contributed by atoms with Crippen molar-refractivity contribution in [1.29, 1.82) is 0 Å². The molecule has 3 rings (SSSR count). The number of amides is 1. The third kappa shape index (κ3) is 3.88. The van der Waals surface area contributed by atoms with Crippen LogP contribution in [0, 0.1) is 20.8 Å². The standard InChI is InChI=1S/C19H20N4O2S/c1-12-9-13(2)17(14(3)10-12)23-18(25)21-22-19(23)26-11-16(24)20-15-7-5-4-6-8-15/h4-10H,11H2,1-3H3,(H,20,24)(H,21,25). The van der Waals surface area contributed by atoms with Crippen LogP contribution < -0.4 is 11.0 Å². The number of aromatic nitrogens is 3. The zero-order chi connectivity index (χ0) is 18.7. The van der Waals surface area contributed by atoms with Crippen LogP contribution in [0.4, 0.5) is 5.69 Å². The van der Waals surface area contributed by atoms with Gasteiger partial charge in [-0.1, -0.05) is 47.7 Å². The Morgan fingerprint density at radius 1 is 1.15 bits per heavy atom. The Bertz CT molecular complexity index is 969. The number of aromatic amines is 1. The number of nitrogens with one attached hydrogen (secondary N) is 2. The molecule has 2 aromatic carbocycles. The Hall–Kier alpha value is -2.80. The summed E-state index contributed by atoms with van der Waals surface area (Å²) in [5.41, 5.74) is 4.34. The number of carbonyl (C=O) groups is 1.